The lowest BCUT2D eigenvalue weighted by atomic mass is 10.3. The molecule has 2 aromatic heterocycles. The van der Waals surface area contributed by atoms with Crippen LogP contribution in [0.4, 0.5) is 5.69 Å². The van der Waals surface area contributed by atoms with Crippen molar-refractivity contribution in [3.8, 4) is 10.7 Å². The van der Waals surface area contributed by atoms with Crippen molar-refractivity contribution in [3.63, 3.8) is 0 Å². The van der Waals surface area contributed by atoms with Crippen LogP contribution in [0.5, 0.6) is 0 Å². The number of para-hydroxylation sites is 1. The molecule has 2 heterocycles. The molecule has 2 N–H and O–H groups in total. The van der Waals surface area contributed by atoms with Gasteiger partial charge in [0.05, 0.1) is 16.1 Å². The van der Waals surface area contributed by atoms with Gasteiger partial charge in [-0.15, -0.1) is 11.3 Å². The molecular formula is C13H13N3OS. The van der Waals surface area contributed by atoms with E-state index in [0.29, 0.717) is 12.4 Å². The summed E-state index contributed by atoms with van der Waals surface area (Å²) in [5, 5.41) is 2.04. The first-order valence-corrected chi connectivity index (χ1v) is 6.47. The number of benzene rings is 1. The zero-order valence-electron chi connectivity index (χ0n) is 9.96. The van der Waals surface area contributed by atoms with E-state index in [9.17, 15) is 0 Å². The highest BCUT2D eigenvalue weighted by Gasteiger charge is 2.14. The van der Waals surface area contributed by atoms with Gasteiger partial charge < -0.3 is 10.5 Å². The van der Waals surface area contributed by atoms with Crippen LogP contribution >= 0.6 is 11.3 Å². The number of hydrogen-bond donors (Lipinski definition) is 1. The first-order valence-electron chi connectivity index (χ1n) is 5.59. The largest absolute Gasteiger partial charge is 0.397 e. The molecule has 18 heavy (non-hydrogen) atoms. The minimum atomic E-state index is 0.465. The van der Waals surface area contributed by atoms with Crippen molar-refractivity contribution >= 4 is 28.1 Å². The smallest absolute Gasteiger partial charge is 0.153 e. The number of nitrogen functional groups attached to an aromatic ring is 1. The van der Waals surface area contributed by atoms with Crippen LogP contribution in [0.3, 0.4) is 0 Å². The third kappa shape index (κ3) is 1.68. The number of aromatic nitrogens is 2. The molecule has 0 radical (unpaired) electrons. The third-order valence-electron chi connectivity index (χ3n) is 2.81. The number of imidazole rings is 1. The summed E-state index contributed by atoms with van der Waals surface area (Å²) in [5.74, 6) is 0.903. The SMILES string of the molecule is COCn1c(-c2cccs2)nc2c(N)cccc21. The van der Waals surface area contributed by atoms with Crippen LogP contribution in [0.15, 0.2) is 35.7 Å². The van der Waals surface area contributed by atoms with E-state index in [1.54, 1.807) is 18.4 Å². The quantitative estimate of drug-likeness (QED) is 0.736. The number of rotatable bonds is 3. The van der Waals surface area contributed by atoms with Crippen LogP contribution in [0.2, 0.25) is 0 Å². The van der Waals surface area contributed by atoms with Gasteiger partial charge in [-0.1, -0.05) is 12.1 Å². The Hall–Kier alpha value is -1.85. The van der Waals surface area contributed by atoms with Gasteiger partial charge >= 0.3 is 0 Å². The van der Waals surface area contributed by atoms with Gasteiger partial charge in [0, 0.05) is 7.11 Å². The Labute approximate surface area is 109 Å². The van der Waals surface area contributed by atoms with Crippen molar-refractivity contribution in [1.82, 2.24) is 9.55 Å². The van der Waals surface area contributed by atoms with Gasteiger partial charge in [-0.3, -0.25) is 4.57 Å². The van der Waals surface area contributed by atoms with Gasteiger partial charge in [0.15, 0.2) is 5.82 Å². The lowest BCUT2D eigenvalue weighted by molar-refractivity contribution is 0.135. The van der Waals surface area contributed by atoms with E-state index in [1.807, 2.05) is 40.3 Å². The van der Waals surface area contributed by atoms with Crippen LogP contribution in [-0.2, 0) is 11.5 Å². The number of anilines is 1. The van der Waals surface area contributed by atoms with Crippen LogP contribution in [0.1, 0.15) is 0 Å². The lowest BCUT2D eigenvalue weighted by Crippen LogP contribution is -2.01. The molecule has 0 saturated carbocycles. The lowest BCUT2D eigenvalue weighted by Gasteiger charge is -2.06. The maximum Gasteiger partial charge on any atom is 0.153 e. The van der Waals surface area contributed by atoms with Gasteiger partial charge in [0.1, 0.15) is 12.2 Å². The van der Waals surface area contributed by atoms with Crippen molar-refractivity contribution in [2.24, 2.45) is 0 Å². The molecule has 4 nitrogen and oxygen atoms in total. The van der Waals surface area contributed by atoms with Gasteiger partial charge in [0.2, 0.25) is 0 Å². The maximum atomic E-state index is 5.97. The Bertz CT molecular complexity index is 673. The van der Waals surface area contributed by atoms with Crippen molar-refractivity contribution in [2.75, 3.05) is 12.8 Å². The van der Waals surface area contributed by atoms with E-state index in [-0.39, 0.29) is 0 Å². The van der Waals surface area contributed by atoms with Gasteiger partial charge in [-0.25, -0.2) is 4.98 Å². The summed E-state index contributed by atoms with van der Waals surface area (Å²) >= 11 is 1.66. The summed E-state index contributed by atoms with van der Waals surface area (Å²) in [6, 6.07) is 9.87. The minimum Gasteiger partial charge on any atom is -0.397 e. The number of nitrogens with zero attached hydrogens (tertiary/aromatic N) is 2. The molecule has 0 saturated heterocycles. The summed E-state index contributed by atoms with van der Waals surface area (Å²) in [6.07, 6.45) is 0. The monoisotopic (exact) mass is 259 g/mol. The number of ether oxygens (including phenoxy) is 1. The Kier molecular flexibility index (Phi) is 2.77. The molecule has 3 rings (SSSR count). The molecule has 92 valence electrons. The molecule has 0 bridgehead atoms. The zero-order valence-corrected chi connectivity index (χ0v) is 10.8. The van der Waals surface area contributed by atoms with Crippen molar-refractivity contribution in [1.29, 1.82) is 0 Å². The van der Waals surface area contributed by atoms with E-state index >= 15 is 0 Å². The summed E-state index contributed by atoms with van der Waals surface area (Å²) in [5.41, 5.74) is 8.50. The topological polar surface area (TPSA) is 53.1 Å². The molecule has 0 aliphatic heterocycles. The van der Waals surface area contributed by atoms with Crippen molar-refractivity contribution in [2.45, 2.75) is 6.73 Å². The maximum absolute atomic E-state index is 5.97. The first kappa shape index (κ1) is 11.3. The van der Waals surface area contributed by atoms with Crippen LogP contribution in [0, 0.1) is 0 Å². The fourth-order valence-corrected chi connectivity index (χ4v) is 2.74. The first-order chi connectivity index (χ1) is 8.81. The predicted molar refractivity (Wildman–Crippen MR) is 74.5 cm³/mol. The fraction of sp³-hybridized carbons (Fsp3) is 0.154. The van der Waals surface area contributed by atoms with E-state index in [0.717, 1.165) is 21.7 Å². The molecule has 0 aliphatic rings. The minimum absolute atomic E-state index is 0.465. The van der Waals surface area contributed by atoms with Crippen molar-refractivity contribution in [3.05, 3.63) is 35.7 Å². The average molecular weight is 259 g/mol. The van der Waals surface area contributed by atoms with Crippen LogP contribution in [-0.4, -0.2) is 16.7 Å². The second-order valence-corrected chi connectivity index (χ2v) is 4.92. The number of hydrogen-bond acceptors (Lipinski definition) is 4. The van der Waals surface area contributed by atoms with E-state index < -0.39 is 0 Å². The van der Waals surface area contributed by atoms with Crippen molar-refractivity contribution < 1.29 is 4.74 Å². The Morgan fingerprint density at radius 1 is 1.33 bits per heavy atom. The van der Waals surface area contributed by atoms with Gasteiger partial charge in [-0.2, -0.15) is 0 Å². The number of nitrogens with two attached hydrogens (primary N) is 1. The Balaban J connectivity index is 2.30. The highest BCUT2D eigenvalue weighted by atomic mass is 32.1. The highest BCUT2D eigenvalue weighted by molar-refractivity contribution is 7.13. The summed E-state index contributed by atoms with van der Waals surface area (Å²) in [7, 11) is 1.68. The predicted octanol–water partition coefficient (Wildman–Crippen LogP) is 2.95. The standard InChI is InChI=1S/C13H13N3OS/c1-17-8-16-10-5-2-4-9(14)12(10)15-13(16)11-6-3-7-18-11/h2-7H,8,14H2,1H3. The van der Waals surface area contributed by atoms with Gasteiger partial charge in [-0.05, 0) is 23.6 Å². The molecule has 0 fully saturated rings. The van der Waals surface area contributed by atoms with Gasteiger partial charge in [0.25, 0.3) is 0 Å². The molecule has 0 unspecified atom stereocenters. The Morgan fingerprint density at radius 3 is 2.94 bits per heavy atom. The molecular weight excluding hydrogens is 246 g/mol. The normalized spacial score (nSPS) is 11.2. The molecule has 5 heteroatoms. The molecule has 3 aromatic rings. The number of thiophene rings is 1. The zero-order chi connectivity index (χ0) is 12.5. The van der Waals surface area contributed by atoms with Crippen LogP contribution in [0.25, 0.3) is 21.7 Å². The van der Waals surface area contributed by atoms with E-state index in [4.69, 9.17) is 10.5 Å². The third-order valence-corrected chi connectivity index (χ3v) is 3.68. The fourth-order valence-electron chi connectivity index (χ4n) is 2.02. The van der Waals surface area contributed by atoms with Crippen LogP contribution < -0.4 is 5.73 Å². The Morgan fingerprint density at radius 2 is 2.22 bits per heavy atom. The summed E-state index contributed by atoms with van der Waals surface area (Å²) in [4.78, 5) is 5.76. The second kappa shape index (κ2) is 4.44. The average Bonchev–Trinajstić information content (AvgIpc) is 2.98. The summed E-state index contributed by atoms with van der Waals surface area (Å²) in [6.45, 7) is 0.465. The molecule has 1 aromatic carbocycles. The molecule has 0 spiro atoms. The highest BCUT2D eigenvalue weighted by Crippen LogP contribution is 2.30. The summed E-state index contributed by atoms with van der Waals surface area (Å²) < 4.78 is 7.30. The molecule has 0 atom stereocenters. The second-order valence-electron chi connectivity index (χ2n) is 3.97. The molecule has 0 amide bonds. The number of fused-ring (bicyclic) bond motifs is 1. The van der Waals surface area contributed by atoms with E-state index in [1.165, 1.54) is 0 Å². The van der Waals surface area contributed by atoms with E-state index in [2.05, 4.69) is 4.98 Å². The number of methoxy groups -OCH3 is 1. The molecule has 0 aliphatic carbocycles.